The first-order valence-corrected chi connectivity index (χ1v) is 8.02. The number of hydrogen-bond acceptors (Lipinski definition) is 2. The standard InChI is InChI=1S/C15H18BrN3S.HI/c1-11-3-5-12(6-4-11)9-18-15(17-2)19-10-13-7-8-14(16)20-13;/h3-8H,9-10H2,1-2H3,(H2,17,18,19);1H. The summed E-state index contributed by atoms with van der Waals surface area (Å²) in [5.74, 6) is 0.815. The average Bonchev–Trinajstić information content (AvgIpc) is 2.87. The predicted molar refractivity (Wildman–Crippen MR) is 106 cm³/mol. The summed E-state index contributed by atoms with van der Waals surface area (Å²) in [5.41, 5.74) is 2.52. The number of nitrogens with one attached hydrogen (secondary N) is 2. The van der Waals surface area contributed by atoms with Crippen molar-refractivity contribution in [2.45, 2.75) is 20.0 Å². The lowest BCUT2D eigenvalue weighted by molar-refractivity contribution is 0.815. The van der Waals surface area contributed by atoms with Gasteiger partial charge in [-0.15, -0.1) is 35.3 Å². The molecular weight excluding hydrogens is 461 g/mol. The lowest BCUT2D eigenvalue weighted by Gasteiger charge is -2.11. The number of halogens is 2. The lowest BCUT2D eigenvalue weighted by atomic mass is 10.1. The maximum Gasteiger partial charge on any atom is 0.191 e. The molecule has 0 aliphatic rings. The van der Waals surface area contributed by atoms with E-state index < -0.39 is 0 Å². The second-order valence-electron chi connectivity index (χ2n) is 4.47. The molecule has 0 spiro atoms. The Kier molecular flexibility index (Phi) is 8.28. The third-order valence-corrected chi connectivity index (χ3v) is 4.49. The number of aliphatic imine (C=N–C) groups is 1. The van der Waals surface area contributed by atoms with E-state index in [4.69, 9.17) is 0 Å². The molecule has 0 radical (unpaired) electrons. The molecule has 1 aromatic carbocycles. The summed E-state index contributed by atoms with van der Waals surface area (Å²) >= 11 is 5.20. The van der Waals surface area contributed by atoms with Gasteiger partial charge in [0.2, 0.25) is 0 Å². The summed E-state index contributed by atoms with van der Waals surface area (Å²) in [4.78, 5) is 5.50. The van der Waals surface area contributed by atoms with Crippen LogP contribution in [0.4, 0.5) is 0 Å². The van der Waals surface area contributed by atoms with Crippen LogP contribution in [-0.4, -0.2) is 13.0 Å². The number of thiophene rings is 1. The molecule has 0 unspecified atom stereocenters. The predicted octanol–water partition coefficient (Wildman–Crippen LogP) is 4.30. The van der Waals surface area contributed by atoms with E-state index in [1.807, 2.05) is 0 Å². The largest absolute Gasteiger partial charge is 0.352 e. The van der Waals surface area contributed by atoms with E-state index in [9.17, 15) is 0 Å². The summed E-state index contributed by atoms with van der Waals surface area (Å²) in [6, 6.07) is 12.7. The van der Waals surface area contributed by atoms with Gasteiger partial charge < -0.3 is 10.6 Å². The zero-order valence-electron chi connectivity index (χ0n) is 12.0. The normalized spacial score (nSPS) is 10.9. The van der Waals surface area contributed by atoms with E-state index in [0.717, 1.165) is 22.8 Å². The molecule has 114 valence electrons. The smallest absolute Gasteiger partial charge is 0.191 e. The van der Waals surface area contributed by atoms with Crippen LogP contribution in [-0.2, 0) is 13.1 Å². The van der Waals surface area contributed by atoms with Gasteiger partial charge in [0.05, 0.1) is 10.3 Å². The number of hydrogen-bond donors (Lipinski definition) is 2. The Hall–Kier alpha value is -0.600. The van der Waals surface area contributed by atoms with Gasteiger partial charge in [-0.3, -0.25) is 4.99 Å². The summed E-state index contributed by atoms with van der Waals surface area (Å²) in [5, 5.41) is 6.62. The maximum atomic E-state index is 4.23. The fraction of sp³-hybridized carbons (Fsp3) is 0.267. The minimum Gasteiger partial charge on any atom is -0.352 e. The fourth-order valence-corrected chi connectivity index (χ4v) is 3.15. The molecule has 0 aliphatic heterocycles. The molecule has 0 atom stereocenters. The van der Waals surface area contributed by atoms with Crippen LogP contribution in [0.15, 0.2) is 45.2 Å². The number of rotatable bonds is 4. The quantitative estimate of drug-likeness (QED) is 0.389. The van der Waals surface area contributed by atoms with Crippen molar-refractivity contribution in [1.82, 2.24) is 10.6 Å². The van der Waals surface area contributed by atoms with Crippen molar-refractivity contribution in [2.24, 2.45) is 4.99 Å². The summed E-state index contributed by atoms with van der Waals surface area (Å²) in [6.07, 6.45) is 0. The van der Waals surface area contributed by atoms with Crippen LogP contribution in [0, 0.1) is 6.92 Å². The van der Waals surface area contributed by atoms with Crippen molar-refractivity contribution in [2.75, 3.05) is 7.05 Å². The van der Waals surface area contributed by atoms with Crippen LogP contribution in [0.5, 0.6) is 0 Å². The van der Waals surface area contributed by atoms with Crippen LogP contribution in [0.25, 0.3) is 0 Å². The molecule has 2 aromatic rings. The molecule has 2 N–H and O–H groups in total. The van der Waals surface area contributed by atoms with E-state index >= 15 is 0 Å². The van der Waals surface area contributed by atoms with Gasteiger partial charge in [0, 0.05) is 18.5 Å². The van der Waals surface area contributed by atoms with E-state index in [1.165, 1.54) is 16.0 Å². The second kappa shape index (κ2) is 9.42. The molecule has 1 heterocycles. The van der Waals surface area contributed by atoms with E-state index in [0.29, 0.717) is 0 Å². The Morgan fingerprint density at radius 2 is 1.76 bits per heavy atom. The van der Waals surface area contributed by atoms with Crippen molar-refractivity contribution < 1.29 is 0 Å². The van der Waals surface area contributed by atoms with Gasteiger partial charge >= 0.3 is 0 Å². The summed E-state index contributed by atoms with van der Waals surface area (Å²) in [7, 11) is 1.79. The topological polar surface area (TPSA) is 36.4 Å². The van der Waals surface area contributed by atoms with E-state index in [2.05, 4.69) is 74.9 Å². The molecule has 0 fully saturated rings. The molecule has 21 heavy (non-hydrogen) atoms. The zero-order chi connectivity index (χ0) is 14.4. The highest BCUT2D eigenvalue weighted by molar-refractivity contribution is 14.0. The Bertz CT molecular complexity index is 581. The zero-order valence-corrected chi connectivity index (χ0v) is 16.8. The highest BCUT2D eigenvalue weighted by atomic mass is 127. The summed E-state index contributed by atoms with van der Waals surface area (Å²) < 4.78 is 1.15. The van der Waals surface area contributed by atoms with Crippen molar-refractivity contribution in [3.63, 3.8) is 0 Å². The highest BCUT2D eigenvalue weighted by Gasteiger charge is 2.01. The minimum absolute atomic E-state index is 0. The van der Waals surface area contributed by atoms with Crippen molar-refractivity contribution in [3.8, 4) is 0 Å². The van der Waals surface area contributed by atoms with Gasteiger partial charge in [0.15, 0.2) is 5.96 Å². The van der Waals surface area contributed by atoms with Gasteiger partial charge in [-0.1, -0.05) is 29.8 Å². The van der Waals surface area contributed by atoms with Crippen molar-refractivity contribution in [3.05, 3.63) is 56.2 Å². The second-order valence-corrected chi connectivity index (χ2v) is 7.02. The third-order valence-electron chi connectivity index (χ3n) is 2.86. The molecular formula is C15H19BrIN3S. The van der Waals surface area contributed by atoms with Crippen LogP contribution < -0.4 is 10.6 Å². The Labute approximate surface area is 155 Å². The van der Waals surface area contributed by atoms with Gasteiger partial charge in [-0.05, 0) is 40.5 Å². The molecule has 0 bridgehead atoms. The van der Waals surface area contributed by atoms with Crippen LogP contribution in [0.1, 0.15) is 16.0 Å². The lowest BCUT2D eigenvalue weighted by Crippen LogP contribution is -2.36. The highest BCUT2D eigenvalue weighted by Crippen LogP contribution is 2.21. The van der Waals surface area contributed by atoms with Crippen molar-refractivity contribution in [1.29, 1.82) is 0 Å². The van der Waals surface area contributed by atoms with Crippen molar-refractivity contribution >= 4 is 57.2 Å². The number of benzene rings is 1. The minimum atomic E-state index is 0. The molecule has 3 nitrogen and oxygen atoms in total. The van der Waals surface area contributed by atoms with Gasteiger partial charge in [0.25, 0.3) is 0 Å². The number of aryl methyl sites for hydroxylation is 1. The molecule has 0 aliphatic carbocycles. The number of nitrogens with zero attached hydrogens (tertiary/aromatic N) is 1. The average molecular weight is 480 g/mol. The first-order chi connectivity index (χ1) is 9.67. The van der Waals surface area contributed by atoms with E-state index in [-0.39, 0.29) is 24.0 Å². The molecule has 0 saturated heterocycles. The molecule has 1 aromatic heterocycles. The third kappa shape index (κ3) is 6.36. The van der Waals surface area contributed by atoms with Crippen LogP contribution in [0.2, 0.25) is 0 Å². The van der Waals surface area contributed by atoms with Crippen LogP contribution in [0.3, 0.4) is 0 Å². The number of guanidine groups is 1. The molecule has 2 rings (SSSR count). The summed E-state index contributed by atoms with van der Waals surface area (Å²) in [6.45, 7) is 3.65. The monoisotopic (exact) mass is 479 g/mol. The SMILES string of the molecule is CN=C(NCc1ccc(C)cc1)NCc1ccc(Br)s1.I. The molecule has 0 saturated carbocycles. The molecule has 6 heteroatoms. The van der Waals surface area contributed by atoms with Gasteiger partial charge in [-0.25, -0.2) is 0 Å². The first-order valence-electron chi connectivity index (χ1n) is 6.41. The van der Waals surface area contributed by atoms with Gasteiger partial charge in [-0.2, -0.15) is 0 Å². The first kappa shape index (κ1) is 18.4. The maximum absolute atomic E-state index is 4.23. The fourth-order valence-electron chi connectivity index (χ4n) is 1.73. The molecule has 0 amide bonds. The Balaban J connectivity index is 0.00000220. The van der Waals surface area contributed by atoms with Crippen LogP contribution >= 0.6 is 51.2 Å². The van der Waals surface area contributed by atoms with Gasteiger partial charge in [0.1, 0.15) is 0 Å². The van der Waals surface area contributed by atoms with E-state index in [1.54, 1.807) is 18.4 Å². The Morgan fingerprint density at radius 3 is 2.33 bits per heavy atom. The Morgan fingerprint density at radius 1 is 1.10 bits per heavy atom.